The van der Waals surface area contributed by atoms with Crippen molar-refractivity contribution in [2.75, 3.05) is 12.4 Å². The summed E-state index contributed by atoms with van der Waals surface area (Å²) in [6.07, 6.45) is 3.07. The Morgan fingerprint density at radius 1 is 1.32 bits per heavy atom. The highest BCUT2D eigenvalue weighted by Gasteiger charge is 2.18. The summed E-state index contributed by atoms with van der Waals surface area (Å²) >= 11 is 0. The third kappa shape index (κ3) is 3.38. The molecule has 0 unspecified atom stereocenters. The van der Waals surface area contributed by atoms with Gasteiger partial charge in [-0.2, -0.15) is 0 Å². The molecule has 0 aliphatic carbocycles. The molecule has 2 heterocycles. The second-order valence-electron chi connectivity index (χ2n) is 5.80. The average Bonchev–Trinajstić information content (AvgIpc) is 2.58. The van der Waals surface area contributed by atoms with Crippen LogP contribution in [0.3, 0.4) is 0 Å². The van der Waals surface area contributed by atoms with Crippen LogP contribution < -0.4 is 15.7 Å². The van der Waals surface area contributed by atoms with Gasteiger partial charge in [0.1, 0.15) is 11.3 Å². The first-order valence-electron chi connectivity index (χ1n) is 7.80. The first-order chi connectivity index (χ1) is 12.0. The van der Waals surface area contributed by atoms with Gasteiger partial charge in [0.25, 0.3) is 0 Å². The van der Waals surface area contributed by atoms with Gasteiger partial charge in [0, 0.05) is 6.20 Å². The largest absolute Gasteiger partial charge is 0.496 e. The topological polar surface area (TPSA) is 81.4 Å². The number of rotatable bonds is 4. The Labute approximate surface area is 144 Å². The second kappa shape index (κ2) is 6.76. The van der Waals surface area contributed by atoms with Crippen LogP contribution in [-0.2, 0) is 11.2 Å². The minimum atomic E-state index is -0.515. The molecule has 0 aliphatic rings. The molecular weight excluding hydrogens is 320 g/mol. The lowest BCUT2D eigenvalue weighted by Crippen LogP contribution is -2.20. The summed E-state index contributed by atoms with van der Waals surface area (Å²) in [5.41, 5.74) is 2.44. The predicted octanol–water partition coefficient (Wildman–Crippen LogP) is 2.99. The van der Waals surface area contributed by atoms with Gasteiger partial charge in [0.15, 0.2) is 0 Å². The maximum atomic E-state index is 12.4. The molecule has 0 saturated heterocycles. The zero-order chi connectivity index (χ0) is 18.0. The molecule has 0 saturated carbocycles. The maximum absolute atomic E-state index is 12.4. The lowest BCUT2D eigenvalue weighted by molar-refractivity contribution is -0.115. The van der Waals surface area contributed by atoms with Gasteiger partial charge in [-0.1, -0.05) is 0 Å². The molecule has 128 valence electrons. The number of aryl methyl sites for hydroxylation is 2. The van der Waals surface area contributed by atoms with Crippen molar-refractivity contribution < 1.29 is 13.9 Å². The van der Waals surface area contributed by atoms with Crippen molar-refractivity contribution in [2.45, 2.75) is 20.3 Å². The van der Waals surface area contributed by atoms with E-state index in [1.165, 1.54) is 0 Å². The van der Waals surface area contributed by atoms with E-state index < -0.39 is 5.63 Å². The van der Waals surface area contributed by atoms with E-state index in [2.05, 4.69) is 10.3 Å². The number of nitrogens with one attached hydrogen (secondary N) is 1. The lowest BCUT2D eigenvalue weighted by Gasteiger charge is -2.12. The molecule has 0 bridgehead atoms. The van der Waals surface area contributed by atoms with Crippen molar-refractivity contribution in [3.63, 3.8) is 0 Å². The van der Waals surface area contributed by atoms with Crippen LogP contribution in [0.4, 0.5) is 5.69 Å². The molecule has 1 aromatic carbocycles. The number of carbonyl (C=O) groups is 1. The summed E-state index contributed by atoms with van der Waals surface area (Å²) in [4.78, 5) is 28.6. The zero-order valence-electron chi connectivity index (χ0n) is 14.3. The molecule has 3 aromatic rings. The van der Waals surface area contributed by atoms with E-state index in [0.29, 0.717) is 33.5 Å². The Balaban J connectivity index is 2.00. The van der Waals surface area contributed by atoms with E-state index in [1.807, 2.05) is 13.0 Å². The van der Waals surface area contributed by atoms with Crippen LogP contribution in [0.15, 0.2) is 45.9 Å². The molecule has 6 heteroatoms. The number of aromatic nitrogens is 1. The van der Waals surface area contributed by atoms with Gasteiger partial charge in [-0.05, 0) is 49.2 Å². The number of fused-ring (bicyclic) bond motifs is 1. The minimum absolute atomic E-state index is 0.0873. The molecule has 3 rings (SSSR count). The Bertz CT molecular complexity index is 994. The summed E-state index contributed by atoms with van der Waals surface area (Å²) in [7, 11) is 1.56. The normalized spacial score (nSPS) is 10.7. The number of amides is 1. The van der Waals surface area contributed by atoms with E-state index in [-0.39, 0.29) is 12.3 Å². The van der Waals surface area contributed by atoms with Crippen molar-refractivity contribution in [2.24, 2.45) is 0 Å². The van der Waals surface area contributed by atoms with Crippen LogP contribution in [0.25, 0.3) is 11.0 Å². The molecule has 6 nitrogen and oxygen atoms in total. The molecule has 0 spiro atoms. The molecule has 0 aliphatic heterocycles. The van der Waals surface area contributed by atoms with E-state index in [0.717, 1.165) is 5.56 Å². The van der Waals surface area contributed by atoms with E-state index in [4.69, 9.17) is 9.15 Å². The number of methoxy groups -OCH3 is 1. The fourth-order valence-corrected chi connectivity index (χ4v) is 2.80. The van der Waals surface area contributed by atoms with Gasteiger partial charge in [-0.3, -0.25) is 9.78 Å². The Hall–Kier alpha value is -3.15. The Kier molecular flexibility index (Phi) is 4.52. The molecule has 2 aromatic heterocycles. The predicted molar refractivity (Wildman–Crippen MR) is 95.1 cm³/mol. The van der Waals surface area contributed by atoms with Crippen molar-refractivity contribution in [1.82, 2.24) is 4.98 Å². The summed E-state index contributed by atoms with van der Waals surface area (Å²) in [5, 5.41) is 3.42. The molecule has 1 amide bonds. The van der Waals surface area contributed by atoms with E-state index >= 15 is 0 Å². The van der Waals surface area contributed by atoms with Gasteiger partial charge >= 0.3 is 5.63 Å². The number of hydrogen-bond donors (Lipinski definition) is 1. The van der Waals surface area contributed by atoms with Crippen molar-refractivity contribution in [3.8, 4) is 5.75 Å². The number of nitrogens with zero attached hydrogens (tertiary/aromatic N) is 1. The van der Waals surface area contributed by atoms with Crippen LogP contribution in [0.5, 0.6) is 5.75 Å². The minimum Gasteiger partial charge on any atom is -0.496 e. The van der Waals surface area contributed by atoms with E-state index in [9.17, 15) is 9.59 Å². The van der Waals surface area contributed by atoms with Crippen LogP contribution in [0.1, 0.15) is 16.7 Å². The summed E-state index contributed by atoms with van der Waals surface area (Å²) < 4.78 is 10.8. The Morgan fingerprint density at radius 2 is 2.12 bits per heavy atom. The molecule has 25 heavy (non-hydrogen) atoms. The lowest BCUT2D eigenvalue weighted by atomic mass is 10.0. The summed E-state index contributed by atoms with van der Waals surface area (Å²) in [5.74, 6) is 0.305. The smallest absolute Gasteiger partial charge is 0.340 e. The van der Waals surface area contributed by atoms with Gasteiger partial charge in [0.05, 0.1) is 36.4 Å². The number of pyridine rings is 1. The number of hydrogen-bond acceptors (Lipinski definition) is 5. The fourth-order valence-electron chi connectivity index (χ4n) is 2.80. The van der Waals surface area contributed by atoms with Gasteiger partial charge in [-0.15, -0.1) is 0 Å². The fraction of sp³-hybridized carbons (Fsp3) is 0.211. The molecule has 0 radical (unpaired) electrons. The third-order valence-electron chi connectivity index (χ3n) is 3.99. The third-order valence-corrected chi connectivity index (χ3v) is 3.99. The van der Waals surface area contributed by atoms with Crippen LogP contribution in [0.2, 0.25) is 0 Å². The maximum Gasteiger partial charge on any atom is 0.340 e. The number of benzene rings is 1. The standard InChI is InChI=1S/C19H18N2O4/c1-11-7-15(24-3)18-12(2)14(19(23)25-16(18)8-11)9-17(22)21-13-5-4-6-20-10-13/h4-8,10H,9H2,1-3H3,(H,21,22). The number of carbonyl (C=O) groups excluding carboxylic acids is 1. The summed E-state index contributed by atoms with van der Waals surface area (Å²) in [6.45, 7) is 3.69. The summed E-state index contributed by atoms with van der Waals surface area (Å²) in [6, 6.07) is 7.10. The molecular formula is C19H18N2O4. The van der Waals surface area contributed by atoms with Crippen LogP contribution in [-0.4, -0.2) is 18.0 Å². The van der Waals surface area contributed by atoms with Gasteiger partial charge in [-0.25, -0.2) is 4.79 Å². The van der Waals surface area contributed by atoms with Crippen molar-refractivity contribution in [1.29, 1.82) is 0 Å². The first-order valence-corrected chi connectivity index (χ1v) is 7.80. The molecule has 0 fully saturated rings. The highest BCUT2D eigenvalue weighted by Crippen LogP contribution is 2.30. The number of ether oxygens (including phenoxy) is 1. The highest BCUT2D eigenvalue weighted by atomic mass is 16.5. The first kappa shape index (κ1) is 16.7. The van der Waals surface area contributed by atoms with Crippen molar-refractivity contribution in [3.05, 3.63) is 63.8 Å². The SMILES string of the molecule is COc1cc(C)cc2oc(=O)c(CC(=O)Nc3cccnc3)c(C)c12. The quantitative estimate of drug-likeness (QED) is 0.740. The molecule has 0 atom stereocenters. The van der Waals surface area contributed by atoms with Gasteiger partial charge in [0.2, 0.25) is 5.91 Å². The van der Waals surface area contributed by atoms with Gasteiger partial charge < -0.3 is 14.5 Å². The van der Waals surface area contributed by atoms with Crippen LogP contribution in [0, 0.1) is 13.8 Å². The highest BCUT2D eigenvalue weighted by molar-refractivity contribution is 5.94. The second-order valence-corrected chi connectivity index (χ2v) is 5.80. The average molecular weight is 338 g/mol. The van der Waals surface area contributed by atoms with E-state index in [1.54, 1.807) is 44.6 Å². The van der Waals surface area contributed by atoms with Crippen molar-refractivity contribution >= 4 is 22.6 Å². The van der Waals surface area contributed by atoms with Crippen LogP contribution >= 0.6 is 0 Å². The zero-order valence-corrected chi connectivity index (χ0v) is 14.3. The number of anilines is 1. The Morgan fingerprint density at radius 3 is 2.80 bits per heavy atom. The monoisotopic (exact) mass is 338 g/mol. The molecule has 1 N–H and O–H groups in total.